The number of hydrogen-bond acceptors (Lipinski definition) is 3. The molecule has 2 aliphatic carbocycles. The van der Waals surface area contributed by atoms with Crippen LogP contribution in [0.2, 0.25) is 0 Å². The fourth-order valence-corrected chi connectivity index (χ4v) is 2.80. The highest BCUT2D eigenvalue weighted by Crippen LogP contribution is 2.59. The van der Waals surface area contributed by atoms with Crippen LogP contribution in [0.4, 0.5) is 0 Å². The Hall–Kier alpha value is -0.570. The molecule has 0 aliphatic heterocycles. The Morgan fingerprint density at radius 1 is 1.14 bits per heavy atom. The number of rotatable bonds is 2. The van der Waals surface area contributed by atoms with Crippen LogP contribution in [0.3, 0.4) is 0 Å². The molecule has 2 aliphatic rings. The van der Waals surface area contributed by atoms with E-state index in [0.717, 1.165) is 38.5 Å². The molecular formula is C11H18O3. The van der Waals surface area contributed by atoms with Gasteiger partial charge in [-0.15, -0.1) is 0 Å². The molecule has 0 unspecified atom stereocenters. The van der Waals surface area contributed by atoms with Crippen LogP contribution in [0.25, 0.3) is 0 Å². The molecule has 0 radical (unpaired) electrons. The largest absolute Gasteiger partial charge is 0.469 e. The highest BCUT2D eigenvalue weighted by molar-refractivity contribution is 5.81. The first-order chi connectivity index (χ1) is 6.65. The number of carbonyl (C=O) groups is 1. The molecule has 0 atom stereocenters. The molecule has 14 heavy (non-hydrogen) atoms. The highest BCUT2D eigenvalue weighted by Gasteiger charge is 2.64. The van der Waals surface area contributed by atoms with Crippen LogP contribution in [0.5, 0.6) is 0 Å². The summed E-state index contributed by atoms with van der Waals surface area (Å²) in [6, 6.07) is 0. The molecule has 0 bridgehead atoms. The fourth-order valence-electron chi connectivity index (χ4n) is 2.80. The second-order valence-electron chi connectivity index (χ2n) is 4.67. The predicted octanol–water partition coefficient (Wildman–Crippen LogP) is 1.63. The molecule has 0 aromatic carbocycles. The molecule has 2 fully saturated rings. The van der Waals surface area contributed by atoms with Crippen LogP contribution in [0.15, 0.2) is 0 Å². The predicted molar refractivity (Wildman–Crippen MR) is 51.7 cm³/mol. The Bertz CT molecular complexity index is 237. The summed E-state index contributed by atoms with van der Waals surface area (Å²) in [5, 5.41) is 10.5. The van der Waals surface area contributed by atoms with Gasteiger partial charge in [-0.25, -0.2) is 0 Å². The maximum Gasteiger partial charge on any atom is 0.314 e. The van der Waals surface area contributed by atoms with E-state index in [4.69, 9.17) is 4.74 Å². The van der Waals surface area contributed by atoms with Gasteiger partial charge in [0.2, 0.25) is 0 Å². The van der Waals surface area contributed by atoms with E-state index in [-0.39, 0.29) is 5.97 Å². The topological polar surface area (TPSA) is 46.5 Å². The molecule has 0 heterocycles. The fraction of sp³-hybridized carbons (Fsp3) is 0.909. The molecule has 1 N–H and O–H groups in total. The Morgan fingerprint density at radius 2 is 1.71 bits per heavy atom. The van der Waals surface area contributed by atoms with E-state index in [1.165, 1.54) is 13.5 Å². The molecule has 2 rings (SSSR count). The number of carbonyl (C=O) groups excluding carboxylic acids is 1. The Labute approximate surface area is 84.4 Å². The van der Waals surface area contributed by atoms with Gasteiger partial charge < -0.3 is 9.84 Å². The Balaban J connectivity index is 2.15. The smallest absolute Gasteiger partial charge is 0.314 e. The molecule has 3 heteroatoms. The average Bonchev–Trinajstić information content (AvgIpc) is 2.99. The quantitative estimate of drug-likeness (QED) is 0.686. The lowest BCUT2D eigenvalue weighted by Gasteiger charge is -2.38. The van der Waals surface area contributed by atoms with E-state index in [0.29, 0.717) is 0 Å². The molecule has 80 valence electrons. The van der Waals surface area contributed by atoms with Gasteiger partial charge in [0.15, 0.2) is 0 Å². The van der Waals surface area contributed by atoms with Gasteiger partial charge in [0.05, 0.1) is 18.1 Å². The van der Waals surface area contributed by atoms with E-state index in [1.807, 2.05) is 0 Å². The normalized spacial score (nSPS) is 28.1. The summed E-state index contributed by atoms with van der Waals surface area (Å²) >= 11 is 0. The maximum atomic E-state index is 11.6. The third-order valence-corrected chi connectivity index (χ3v) is 3.90. The van der Waals surface area contributed by atoms with Gasteiger partial charge in [-0.05, 0) is 25.7 Å². The second-order valence-corrected chi connectivity index (χ2v) is 4.67. The van der Waals surface area contributed by atoms with Crippen molar-refractivity contribution in [1.29, 1.82) is 0 Å². The van der Waals surface area contributed by atoms with Gasteiger partial charge in [0, 0.05) is 0 Å². The first kappa shape index (κ1) is 9.97. The van der Waals surface area contributed by atoms with Crippen LogP contribution in [-0.2, 0) is 9.53 Å². The number of esters is 1. The summed E-state index contributed by atoms with van der Waals surface area (Å²) in [4.78, 5) is 11.6. The van der Waals surface area contributed by atoms with Crippen molar-refractivity contribution in [3.05, 3.63) is 0 Å². The van der Waals surface area contributed by atoms with Crippen molar-refractivity contribution in [1.82, 2.24) is 0 Å². The SMILES string of the molecule is COC(=O)C1(C2(O)CCCCC2)CC1. The summed E-state index contributed by atoms with van der Waals surface area (Å²) in [6.07, 6.45) is 6.39. The molecule has 0 amide bonds. The number of hydrogen-bond donors (Lipinski definition) is 1. The number of ether oxygens (including phenoxy) is 1. The van der Waals surface area contributed by atoms with Crippen LogP contribution < -0.4 is 0 Å². The zero-order chi connectivity index (χ0) is 10.2. The summed E-state index contributed by atoms with van der Waals surface area (Å²) in [6.45, 7) is 0. The molecule has 0 aromatic heterocycles. The van der Waals surface area contributed by atoms with Gasteiger partial charge in [-0.1, -0.05) is 19.3 Å². The van der Waals surface area contributed by atoms with Crippen LogP contribution in [0.1, 0.15) is 44.9 Å². The lowest BCUT2D eigenvalue weighted by atomic mass is 9.73. The van der Waals surface area contributed by atoms with E-state index >= 15 is 0 Å². The van der Waals surface area contributed by atoms with Crippen molar-refractivity contribution < 1.29 is 14.6 Å². The highest BCUT2D eigenvalue weighted by atomic mass is 16.5. The lowest BCUT2D eigenvalue weighted by Crippen LogP contribution is -2.46. The van der Waals surface area contributed by atoms with E-state index in [1.54, 1.807) is 0 Å². The Kier molecular flexibility index (Phi) is 2.30. The van der Waals surface area contributed by atoms with Crippen molar-refractivity contribution in [3.63, 3.8) is 0 Å². The minimum atomic E-state index is -0.766. The first-order valence-electron chi connectivity index (χ1n) is 5.45. The van der Waals surface area contributed by atoms with Gasteiger partial charge in [0.25, 0.3) is 0 Å². The lowest BCUT2D eigenvalue weighted by molar-refractivity contribution is -0.162. The van der Waals surface area contributed by atoms with Gasteiger partial charge in [0.1, 0.15) is 0 Å². The summed E-state index contributed by atoms with van der Waals surface area (Å²) in [5.74, 6) is -0.207. The molecule has 0 aromatic rings. The third kappa shape index (κ3) is 1.26. The molecule has 3 nitrogen and oxygen atoms in total. The zero-order valence-electron chi connectivity index (χ0n) is 8.71. The van der Waals surface area contributed by atoms with Crippen LogP contribution >= 0.6 is 0 Å². The molecule has 0 spiro atoms. The number of methoxy groups -OCH3 is 1. The maximum absolute atomic E-state index is 11.6. The van der Waals surface area contributed by atoms with Crippen LogP contribution in [0, 0.1) is 5.41 Å². The minimum Gasteiger partial charge on any atom is -0.469 e. The second kappa shape index (κ2) is 3.23. The zero-order valence-corrected chi connectivity index (χ0v) is 8.71. The molecular weight excluding hydrogens is 180 g/mol. The third-order valence-electron chi connectivity index (χ3n) is 3.90. The summed E-state index contributed by atoms with van der Waals surface area (Å²) in [7, 11) is 1.41. The monoisotopic (exact) mass is 198 g/mol. The Morgan fingerprint density at radius 3 is 2.14 bits per heavy atom. The standard InChI is InChI=1S/C11H18O3/c1-14-9(12)10(7-8-10)11(13)5-3-2-4-6-11/h13H,2-8H2,1H3. The van der Waals surface area contributed by atoms with E-state index in [2.05, 4.69) is 0 Å². The van der Waals surface area contributed by atoms with Crippen molar-refractivity contribution in [2.75, 3.05) is 7.11 Å². The molecule has 2 saturated carbocycles. The minimum absolute atomic E-state index is 0.207. The summed E-state index contributed by atoms with van der Waals surface area (Å²) < 4.78 is 4.80. The van der Waals surface area contributed by atoms with Crippen LogP contribution in [-0.4, -0.2) is 23.8 Å². The van der Waals surface area contributed by atoms with E-state index in [9.17, 15) is 9.90 Å². The van der Waals surface area contributed by atoms with Gasteiger partial charge in [-0.3, -0.25) is 4.79 Å². The van der Waals surface area contributed by atoms with E-state index < -0.39 is 11.0 Å². The van der Waals surface area contributed by atoms with Crippen molar-refractivity contribution in [2.24, 2.45) is 5.41 Å². The average molecular weight is 198 g/mol. The summed E-state index contributed by atoms with van der Waals surface area (Å²) in [5.41, 5.74) is -1.31. The molecule has 0 saturated heterocycles. The van der Waals surface area contributed by atoms with Crippen molar-refractivity contribution >= 4 is 5.97 Å². The van der Waals surface area contributed by atoms with Gasteiger partial charge >= 0.3 is 5.97 Å². The first-order valence-corrected chi connectivity index (χ1v) is 5.45. The van der Waals surface area contributed by atoms with Gasteiger partial charge in [-0.2, -0.15) is 0 Å². The number of aliphatic hydroxyl groups is 1. The van der Waals surface area contributed by atoms with Crippen molar-refractivity contribution in [3.8, 4) is 0 Å². The van der Waals surface area contributed by atoms with Crippen molar-refractivity contribution in [2.45, 2.75) is 50.5 Å².